The van der Waals surface area contributed by atoms with Gasteiger partial charge in [-0.2, -0.15) is 0 Å². The number of hydrogen-bond donors (Lipinski definition) is 1. The van der Waals surface area contributed by atoms with Crippen LogP contribution in [0.2, 0.25) is 5.02 Å². The van der Waals surface area contributed by atoms with Crippen molar-refractivity contribution in [2.24, 2.45) is 0 Å². The van der Waals surface area contributed by atoms with E-state index in [-0.39, 0.29) is 5.82 Å². The van der Waals surface area contributed by atoms with Crippen LogP contribution in [0.5, 0.6) is 0 Å². The number of aryl methyl sites for hydroxylation is 1. The molecule has 2 aromatic carbocycles. The molecule has 0 radical (unpaired) electrons. The molecular formula is C13H11ClFNS. The summed E-state index contributed by atoms with van der Waals surface area (Å²) in [6, 6.07) is 10.0. The Kier molecular flexibility index (Phi) is 3.60. The first-order chi connectivity index (χ1) is 8.06. The SMILES string of the molecule is Cc1cc(N)c(Cl)cc1Sc1ccc(F)cc1. The van der Waals surface area contributed by atoms with Crippen molar-refractivity contribution in [2.45, 2.75) is 16.7 Å². The highest BCUT2D eigenvalue weighted by Crippen LogP contribution is 2.34. The van der Waals surface area contributed by atoms with Crippen LogP contribution in [0.1, 0.15) is 5.56 Å². The summed E-state index contributed by atoms with van der Waals surface area (Å²) in [4.78, 5) is 1.99. The molecule has 4 heteroatoms. The molecule has 0 unspecified atom stereocenters. The maximum Gasteiger partial charge on any atom is 0.123 e. The van der Waals surface area contributed by atoms with Crippen molar-refractivity contribution in [3.8, 4) is 0 Å². The molecule has 0 aliphatic heterocycles. The van der Waals surface area contributed by atoms with Gasteiger partial charge in [0.15, 0.2) is 0 Å². The molecule has 0 saturated heterocycles. The average molecular weight is 268 g/mol. The highest BCUT2D eigenvalue weighted by atomic mass is 35.5. The molecule has 0 saturated carbocycles. The van der Waals surface area contributed by atoms with Gasteiger partial charge in [0.05, 0.1) is 10.7 Å². The first kappa shape index (κ1) is 12.3. The van der Waals surface area contributed by atoms with Crippen molar-refractivity contribution in [3.63, 3.8) is 0 Å². The standard InChI is InChI=1S/C13H11ClFNS/c1-8-6-12(16)11(14)7-13(8)17-10-4-2-9(15)3-5-10/h2-7H,16H2,1H3. The van der Waals surface area contributed by atoms with Gasteiger partial charge >= 0.3 is 0 Å². The van der Waals surface area contributed by atoms with Crippen LogP contribution in [-0.4, -0.2) is 0 Å². The maximum atomic E-state index is 12.8. The van der Waals surface area contributed by atoms with Crippen LogP contribution in [0, 0.1) is 12.7 Å². The van der Waals surface area contributed by atoms with E-state index >= 15 is 0 Å². The van der Waals surface area contributed by atoms with Gasteiger partial charge in [-0.25, -0.2) is 4.39 Å². The van der Waals surface area contributed by atoms with Gasteiger partial charge in [0.25, 0.3) is 0 Å². The van der Waals surface area contributed by atoms with Crippen LogP contribution >= 0.6 is 23.4 Å². The minimum atomic E-state index is -0.235. The van der Waals surface area contributed by atoms with Crippen LogP contribution in [0.15, 0.2) is 46.2 Å². The lowest BCUT2D eigenvalue weighted by Crippen LogP contribution is -1.89. The largest absolute Gasteiger partial charge is 0.398 e. The lowest BCUT2D eigenvalue weighted by molar-refractivity contribution is 0.626. The Balaban J connectivity index is 2.30. The fraction of sp³-hybridized carbons (Fsp3) is 0.0769. The summed E-state index contributed by atoms with van der Waals surface area (Å²) in [6.07, 6.45) is 0. The Bertz CT molecular complexity index is 540. The Hall–Kier alpha value is -1.19. The highest BCUT2D eigenvalue weighted by Gasteiger charge is 2.05. The Morgan fingerprint density at radius 3 is 2.47 bits per heavy atom. The van der Waals surface area contributed by atoms with E-state index in [2.05, 4.69) is 0 Å². The third kappa shape index (κ3) is 2.93. The van der Waals surface area contributed by atoms with Crippen molar-refractivity contribution in [1.29, 1.82) is 0 Å². The number of anilines is 1. The van der Waals surface area contributed by atoms with Gasteiger partial charge in [-0.3, -0.25) is 0 Å². The molecule has 0 spiro atoms. The summed E-state index contributed by atoms with van der Waals surface area (Å²) < 4.78 is 12.8. The zero-order valence-corrected chi connectivity index (χ0v) is 10.8. The number of nitrogens with two attached hydrogens (primary N) is 1. The maximum absolute atomic E-state index is 12.8. The quantitative estimate of drug-likeness (QED) is 0.810. The zero-order valence-electron chi connectivity index (χ0n) is 9.21. The lowest BCUT2D eigenvalue weighted by atomic mass is 10.2. The Morgan fingerprint density at radius 2 is 1.82 bits per heavy atom. The van der Waals surface area contributed by atoms with Gasteiger partial charge in [0.2, 0.25) is 0 Å². The number of halogens is 2. The molecule has 0 bridgehead atoms. The normalized spacial score (nSPS) is 10.5. The third-order valence-corrected chi connectivity index (χ3v) is 3.83. The van der Waals surface area contributed by atoms with E-state index in [1.165, 1.54) is 23.9 Å². The number of hydrogen-bond acceptors (Lipinski definition) is 2. The van der Waals surface area contributed by atoms with Crippen LogP contribution in [0.25, 0.3) is 0 Å². The molecule has 0 atom stereocenters. The molecule has 0 fully saturated rings. The molecule has 2 aromatic rings. The summed E-state index contributed by atoms with van der Waals surface area (Å²) in [5, 5.41) is 0.542. The van der Waals surface area contributed by atoms with Crippen LogP contribution < -0.4 is 5.73 Å². The van der Waals surface area contributed by atoms with Crippen molar-refractivity contribution < 1.29 is 4.39 Å². The smallest absolute Gasteiger partial charge is 0.123 e. The minimum absolute atomic E-state index is 0.235. The predicted molar refractivity (Wildman–Crippen MR) is 71.1 cm³/mol. The van der Waals surface area contributed by atoms with E-state index in [1.54, 1.807) is 12.1 Å². The lowest BCUT2D eigenvalue weighted by Gasteiger charge is -2.08. The van der Waals surface area contributed by atoms with Gasteiger partial charge in [0.1, 0.15) is 5.82 Å². The molecule has 0 aliphatic carbocycles. The van der Waals surface area contributed by atoms with Gasteiger partial charge in [0, 0.05) is 9.79 Å². The van der Waals surface area contributed by atoms with E-state index in [9.17, 15) is 4.39 Å². The van der Waals surface area contributed by atoms with E-state index in [1.807, 2.05) is 19.1 Å². The molecule has 2 N–H and O–H groups in total. The van der Waals surface area contributed by atoms with Gasteiger partial charge in [-0.1, -0.05) is 23.4 Å². The molecule has 0 amide bonds. The van der Waals surface area contributed by atoms with Crippen molar-refractivity contribution in [3.05, 3.63) is 52.8 Å². The second-order valence-corrected chi connectivity index (χ2v) is 5.22. The highest BCUT2D eigenvalue weighted by molar-refractivity contribution is 7.99. The number of benzene rings is 2. The second kappa shape index (κ2) is 4.98. The zero-order chi connectivity index (χ0) is 12.4. The van der Waals surface area contributed by atoms with Gasteiger partial charge in [-0.05, 0) is 48.9 Å². The summed E-state index contributed by atoms with van der Waals surface area (Å²) in [5.74, 6) is -0.235. The number of nitrogen functional groups attached to an aromatic ring is 1. The average Bonchev–Trinajstić information content (AvgIpc) is 2.29. The summed E-state index contributed by atoms with van der Waals surface area (Å²) in [7, 11) is 0. The number of rotatable bonds is 2. The van der Waals surface area contributed by atoms with Gasteiger partial charge in [-0.15, -0.1) is 0 Å². The molecule has 88 valence electrons. The van der Waals surface area contributed by atoms with E-state index in [0.29, 0.717) is 10.7 Å². The van der Waals surface area contributed by atoms with Crippen LogP contribution in [0.4, 0.5) is 10.1 Å². The molecule has 1 nitrogen and oxygen atoms in total. The third-order valence-electron chi connectivity index (χ3n) is 2.34. The molecule has 0 aromatic heterocycles. The first-order valence-corrected chi connectivity index (χ1v) is 6.25. The molecular weight excluding hydrogens is 257 g/mol. The van der Waals surface area contributed by atoms with E-state index < -0.39 is 0 Å². The van der Waals surface area contributed by atoms with E-state index in [0.717, 1.165) is 15.4 Å². The topological polar surface area (TPSA) is 26.0 Å². The van der Waals surface area contributed by atoms with Crippen molar-refractivity contribution in [1.82, 2.24) is 0 Å². The molecule has 2 rings (SSSR count). The predicted octanol–water partition coefficient (Wildman–Crippen LogP) is 4.52. The molecule has 17 heavy (non-hydrogen) atoms. The van der Waals surface area contributed by atoms with Crippen molar-refractivity contribution >= 4 is 29.1 Å². The fourth-order valence-electron chi connectivity index (χ4n) is 1.43. The van der Waals surface area contributed by atoms with Gasteiger partial charge < -0.3 is 5.73 Å². The second-order valence-electron chi connectivity index (χ2n) is 3.70. The summed E-state index contributed by atoms with van der Waals surface area (Å²) in [5.41, 5.74) is 7.35. The molecule has 0 aliphatic rings. The van der Waals surface area contributed by atoms with Crippen LogP contribution in [0.3, 0.4) is 0 Å². The van der Waals surface area contributed by atoms with Crippen molar-refractivity contribution in [2.75, 3.05) is 5.73 Å². The minimum Gasteiger partial charge on any atom is -0.398 e. The monoisotopic (exact) mass is 267 g/mol. The summed E-state index contributed by atoms with van der Waals surface area (Å²) >= 11 is 7.52. The Labute approximate surface area is 109 Å². The Morgan fingerprint density at radius 1 is 1.18 bits per heavy atom. The van der Waals surface area contributed by atoms with E-state index in [4.69, 9.17) is 17.3 Å². The van der Waals surface area contributed by atoms with Crippen LogP contribution in [-0.2, 0) is 0 Å². The first-order valence-electron chi connectivity index (χ1n) is 5.05. The fourth-order valence-corrected chi connectivity index (χ4v) is 2.58. The summed E-state index contributed by atoms with van der Waals surface area (Å²) in [6.45, 7) is 1.97. The molecule has 0 heterocycles.